The van der Waals surface area contributed by atoms with Crippen molar-refractivity contribution < 1.29 is 0 Å². The molecule has 2 heterocycles. The largest absolute Gasteiger partial charge is 0.268 e. The van der Waals surface area contributed by atoms with Crippen LogP contribution in [0.15, 0.2) is 77.9 Å². The second-order valence-electron chi connectivity index (χ2n) is 5.28. The average molecular weight is 334 g/mol. The second-order valence-corrected chi connectivity index (χ2v) is 5.69. The van der Waals surface area contributed by atoms with Gasteiger partial charge in [0.1, 0.15) is 5.82 Å². The first kappa shape index (κ1) is 14.6. The predicted molar refractivity (Wildman–Crippen MR) is 95.6 cm³/mol. The summed E-state index contributed by atoms with van der Waals surface area (Å²) >= 11 is 6.35. The van der Waals surface area contributed by atoms with Crippen molar-refractivity contribution in [3.05, 3.63) is 88.4 Å². The van der Waals surface area contributed by atoms with Crippen molar-refractivity contribution in [2.75, 3.05) is 0 Å². The van der Waals surface area contributed by atoms with Gasteiger partial charge in [0.25, 0.3) is 5.56 Å². The predicted octanol–water partition coefficient (Wildman–Crippen LogP) is 4.10. The quantitative estimate of drug-likeness (QED) is 0.555. The van der Waals surface area contributed by atoms with Crippen molar-refractivity contribution in [2.45, 2.75) is 0 Å². The second kappa shape index (κ2) is 5.91. The minimum absolute atomic E-state index is 0.150. The molecule has 24 heavy (non-hydrogen) atoms. The van der Waals surface area contributed by atoms with E-state index in [1.165, 1.54) is 0 Å². The van der Waals surface area contributed by atoms with Crippen LogP contribution in [0.25, 0.3) is 28.0 Å². The van der Waals surface area contributed by atoms with Crippen molar-refractivity contribution in [2.24, 2.45) is 0 Å². The normalized spacial score (nSPS) is 10.9. The Balaban J connectivity index is 2.16. The molecular weight excluding hydrogens is 322 g/mol. The lowest BCUT2D eigenvalue weighted by Crippen LogP contribution is -2.22. The highest BCUT2D eigenvalue weighted by atomic mass is 35.5. The van der Waals surface area contributed by atoms with Crippen LogP contribution >= 0.6 is 11.6 Å². The molecule has 0 bridgehead atoms. The molecule has 5 heteroatoms. The van der Waals surface area contributed by atoms with Gasteiger partial charge in [0.2, 0.25) is 0 Å². The summed E-state index contributed by atoms with van der Waals surface area (Å²) in [5.74, 6) is 0.498. The average Bonchev–Trinajstić information content (AvgIpc) is 2.63. The molecular formula is C19H12ClN3O. The molecule has 0 atom stereocenters. The summed E-state index contributed by atoms with van der Waals surface area (Å²) in [7, 11) is 0. The summed E-state index contributed by atoms with van der Waals surface area (Å²) in [5, 5.41) is 1.09. The maximum atomic E-state index is 13.1. The third-order valence-electron chi connectivity index (χ3n) is 3.79. The summed E-state index contributed by atoms with van der Waals surface area (Å²) in [5.41, 5.74) is 1.84. The number of hydrogen-bond acceptors (Lipinski definition) is 3. The van der Waals surface area contributed by atoms with Gasteiger partial charge in [-0.2, -0.15) is 0 Å². The van der Waals surface area contributed by atoms with E-state index in [0.717, 1.165) is 0 Å². The molecule has 0 saturated heterocycles. The van der Waals surface area contributed by atoms with Gasteiger partial charge < -0.3 is 0 Å². The van der Waals surface area contributed by atoms with Gasteiger partial charge in [0, 0.05) is 11.8 Å². The maximum absolute atomic E-state index is 13.1. The van der Waals surface area contributed by atoms with Gasteiger partial charge in [-0.05, 0) is 36.4 Å². The molecule has 0 unspecified atom stereocenters. The molecule has 0 spiro atoms. The Morgan fingerprint density at radius 1 is 0.917 bits per heavy atom. The fraction of sp³-hybridized carbons (Fsp3) is 0. The van der Waals surface area contributed by atoms with Crippen LogP contribution in [0.1, 0.15) is 0 Å². The van der Waals surface area contributed by atoms with Crippen LogP contribution in [0, 0.1) is 0 Å². The van der Waals surface area contributed by atoms with E-state index in [9.17, 15) is 4.79 Å². The molecule has 4 rings (SSSR count). The van der Waals surface area contributed by atoms with E-state index in [-0.39, 0.29) is 5.56 Å². The van der Waals surface area contributed by atoms with E-state index in [1.807, 2.05) is 42.5 Å². The van der Waals surface area contributed by atoms with Crippen LogP contribution in [0.3, 0.4) is 0 Å². The van der Waals surface area contributed by atoms with Gasteiger partial charge in [-0.25, -0.2) is 4.98 Å². The minimum atomic E-state index is -0.150. The number of benzene rings is 2. The Bertz CT molecular complexity index is 1090. The number of halogens is 1. The highest BCUT2D eigenvalue weighted by Crippen LogP contribution is 2.28. The zero-order valence-corrected chi connectivity index (χ0v) is 13.3. The zero-order chi connectivity index (χ0) is 16.5. The lowest BCUT2D eigenvalue weighted by molar-refractivity contribution is 0.966. The first-order valence-electron chi connectivity index (χ1n) is 7.43. The third-order valence-corrected chi connectivity index (χ3v) is 4.12. The number of hydrogen-bond donors (Lipinski definition) is 0. The van der Waals surface area contributed by atoms with Crippen LogP contribution in [-0.2, 0) is 0 Å². The topological polar surface area (TPSA) is 47.8 Å². The Morgan fingerprint density at radius 2 is 1.71 bits per heavy atom. The van der Waals surface area contributed by atoms with E-state index in [4.69, 9.17) is 16.6 Å². The molecule has 116 valence electrons. The maximum Gasteiger partial charge on any atom is 0.266 e. The molecule has 0 aliphatic rings. The third kappa shape index (κ3) is 2.37. The van der Waals surface area contributed by atoms with Crippen LogP contribution in [0.5, 0.6) is 0 Å². The smallest absolute Gasteiger partial charge is 0.266 e. The molecule has 0 saturated carbocycles. The summed E-state index contributed by atoms with van der Waals surface area (Å²) in [6, 6.07) is 18.2. The molecule has 2 aromatic heterocycles. The Labute approximate surface area is 143 Å². The number of aromatic nitrogens is 3. The van der Waals surface area contributed by atoms with E-state index in [2.05, 4.69) is 4.98 Å². The Kier molecular flexibility index (Phi) is 3.59. The van der Waals surface area contributed by atoms with Crippen LogP contribution in [0.2, 0.25) is 5.02 Å². The van der Waals surface area contributed by atoms with Gasteiger partial charge in [-0.3, -0.25) is 14.3 Å². The van der Waals surface area contributed by atoms with Crippen molar-refractivity contribution in [3.63, 3.8) is 0 Å². The fourth-order valence-corrected chi connectivity index (χ4v) is 2.90. The number of pyridine rings is 1. The molecule has 0 N–H and O–H groups in total. The van der Waals surface area contributed by atoms with Gasteiger partial charge in [0.05, 0.1) is 27.8 Å². The zero-order valence-electron chi connectivity index (χ0n) is 12.6. The van der Waals surface area contributed by atoms with E-state index in [1.54, 1.807) is 35.2 Å². The molecule has 2 aromatic carbocycles. The van der Waals surface area contributed by atoms with E-state index < -0.39 is 0 Å². The van der Waals surface area contributed by atoms with Crippen LogP contribution in [0.4, 0.5) is 0 Å². The summed E-state index contributed by atoms with van der Waals surface area (Å²) in [6.07, 6.45) is 3.30. The molecule has 0 amide bonds. The van der Waals surface area contributed by atoms with Gasteiger partial charge in [-0.1, -0.05) is 35.9 Å². The first-order valence-corrected chi connectivity index (χ1v) is 7.80. The lowest BCUT2D eigenvalue weighted by atomic mass is 10.1. The standard InChI is InChI=1S/C19H12ClN3O/c20-16-9-3-1-7-14(16)18-22-17-10-4-2-8-15(17)19(24)23(18)13-6-5-11-21-12-13/h1-12H. The highest BCUT2D eigenvalue weighted by Gasteiger charge is 2.16. The SMILES string of the molecule is O=c1c2ccccc2nc(-c2ccccc2Cl)n1-c1cccnc1. The molecule has 0 aliphatic carbocycles. The Morgan fingerprint density at radius 3 is 2.50 bits per heavy atom. The molecule has 0 fully saturated rings. The van der Waals surface area contributed by atoms with E-state index in [0.29, 0.717) is 33.0 Å². The molecule has 0 radical (unpaired) electrons. The van der Waals surface area contributed by atoms with E-state index >= 15 is 0 Å². The van der Waals surface area contributed by atoms with Crippen molar-refractivity contribution in [1.82, 2.24) is 14.5 Å². The molecule has 4 nitrogen and oxygen atoms in total. The van der Waals surface area contributed by atoms with Crippen LogP contribution < -0.4 is 5.56 Å². The summed E-state index contributed by atoms with van der Waals surface area (Å²) in [4.78, 5) is 21.9. The Hall–Kier alpha value is -2.98. The van der Waals surface area contributed by atoms with Crippen molar-refractivity contribution in [1.29, 1.82) is 0 Å². The van der Waals surface area contributed by atoms with Crippen molar-refractivity contribution in [3.8, 4) is 17.1 Å². The minimum Gasteiger partial charge on any atom is -0.268 e. The summed E-state index contributed by atoms with van der Waals surface area (Å²) in [6.45, 7) is 0. The first-order chi connectivity index (χ1) is 11.8. The van der Waals surface area contributed by atoms with Crippen LogP contribution in [-0.4, -0.2) is 14.5 Å². The van der Waals surface area contributed by atoms with Gasteiger partial charge in [-0.15, -0.1) is 0 Å². The molecule has 4 aromatic rings. The molecule has 0 aliphatic heterocycles. The summed E-state index contributed by atoms with van der Waals surface area (Å²) < 4.78 is 1.55. The van der Waals surface area contributed by atoms with Gasteiger partial charge >= 0.3 is 0 Å². The lowest BCUT2D eigenvalue weighted by Gasteiger charge is -2.14. The highest BCUT2D eigenvalue weighted by molar-refractivity contribution is 6.33. The number of rotatable bonds is 2. The van der Waals surface area contributed by atoms with Crippen molar-refractivity contribution >= 4 is 22.5 Å². The monoisotopic (exact) mass is 333 g/mol. The van der Waals surface area contributed by atoms with Gasteiger partial charge in [0.15, 0.2) is 0 Å². The number of para-hydroxylation sites is 1. The fourth-order valence-electron chi connectivity index (χ4n) is 2.68. The number of nitrogens with zero attached hydrogens (tertiary/aromatic N) is 3. The number of fused-ring (bicyclic) bond motifs is 1.